The highest BCUT2D eigenvalue weighted by atomic mass is 35.5. The van der Waals surface area contributed by atoms with Gasteiger partial charge in [-0.1, -0.05) is 56.3 Å². The summed E-state index contributed by atoms with van der Waals surface area (Å²) in [6, 6.07) is 12.8. The number of carbonyl (C=O) groups excluding carboxylic acids is 3. The Kier molecular flexibility index (Phi) is 12.7. The summed E-state index contributed by atoms with van der Waals surface area (Å²) in [7, 11) is 1.49. The second kappa shape index (κ2) is 15.2. The Morgan fingerprint density at radius 2 is 1.79 bits per heavy atom. The average Bonchev–Trinajstić information content (AvgIpc) is 3.39. The number of hydrogen-bond donors (Lipinski definition) is 3. The van der Waals surface area contributed by atoms with Gasteiger partial charge in [0.25, 0.3) is 5.91 Å². The molecule has 0 spiro atoms. The molecular weight excluding hydrogens is 516 g/mol. The Morgan fingerprint density at radius 1 is 1.08 bits per heavy atom. The maximum Gasteiger partial charge on any atom is 0.254 e. The molecule has 0 radical (unpaired) electrons. The van der Waals surface area contributed by atoms with Gasteiger partial charge in [0.2, 0.25) is 11.8 Å². The summed E-state index contributed by atoms with van der Waals surface area (Å²) >= 11 is 0. The lowest BCUT2D eigenvalue weighted by Gasteiger charge is -2.32. The highest BCUT2D eigenvalue weighted by Gasteiger charge is 2.41. The van der Waals surface area contributed by atoms with Gasteiger partial charge in [0, 0.05) is 26.6 Å². The van der Waals surface area contributed by atoms with E-state index in [-0.39, 0.29) is 30.1 Å². The van der Waals surface area contributed by atoms with Crippen LogP contribution in [0.15, 0.2) is 42.5 Å². The molecule has 3 rings (SSSR count). The first kappa shape index (κ1) is 32.5. The summed E-state index contributed by atoms with van der Waals surface area (Å²) in [6.07, 6.45) is 2.45. The minimum absolute atomic E-state index is 0. The van der Waals surface area contributed by atoms with Crippen molar-refractivity contribution in [1.29, 1.82) is 0 Å². The van der Waals surface area contributed by atoms with E-state index in [1.165, 1.54) is 7.11 Å². The molecule has 9 heteroatoms. The lowest BCUT2D eigenvalue weighted by atomic mass is 10.0. The van der Waals surface area contributed by atoms with E-state index >= 15 is 0 Å². The SMILES string of the molecule is COC(C)(C)C(=O)N1CCC[C@H]1C(=O)N[C@H](Cc1ccc2ccccc2c1)C(=O)NCCCNCC(C)C.Cl. The number of methoxy groups -OCH3 is 1. The Hall–Kier alpha value is -2.68. The number of nitrogens with one attached hydrogen (secondary N) is 3. The van der Waals surface area contributed by atoms with E-state index in [1.807, 2.05) is 36.4 Å². The van der Waals surface area contributed by atoms with Crippen LogP contribution in [-0.2, 0) is 25.5 Å². The molecule has 1 fully saturated rings. The molecule has 3 amide bonds. The number of nitrogens with zero attached hydrogens (tertiary/aromatic N) is 1. The molecule has 0 unspecified atom stereocenters. The topological polar surface area (TPSA) is 99.8 Å². The molecule has 0 bridgehead atoms. The van der Waals surface area contributed by atoms with Crippen molar-refractivity contribution < 1.29 is 19.1 Å². The number of halogens is 1. The number of hydrogen-bond acceptors (Lipinski definition) is 5. The van der Waals surface area contributed by atoms with Crippen molar-refractivity contribution in [3.8, 4) is 0 Å². The van der Waals surface area contributed by atoms with Crippen LogP contribution in [0.25, 0.3) is 10.8 Å². The largest absolute Gasteiger partial charge is 0.369 e. The van der Waals surface area contributed by atoms with Gasteiger partial charge in [0.05, 0.1) is 0 Å². The molecule has 1 aliphatic heterocycles. The first-order valence-electron chi connectivity index (χ1n) is 13.7. The van der Waals surface area contributed by atoms with Gasteiger partial charge in [-0.15, -0.1) is 12.4 Å². The zero-order valence-electron chi connectivity index (χ0n) is 23.9. The van der Waals surface area contributed by atoms with Crippen molar-refractivity contribution in [1.82, 2.24) is 20.9 Å². The van der Waals surface area contributed by atoms with E-state index in [1.54, 1.807) is 18.7 Å². The zero-order chi connectivity index (χ0) is 27.7. The van der Waals surface area contributed by atoms with E-state index in [0.29, 0.717) is 31.8 Å². The van der Waals surface area contributed by atoms with Gasteiger partial charge in [-0.3, -0.25) is 14.4 Å². The standard InChI is InChI=1S/C30H44N4O4.ClH/c1-21(2)20-31-15-9-16-32-27(35)25(19-22-13-14-23-10-6-7-11-24(23)18-22)33-28(36)26-12-8-17-34(26)29(37)30(3,4)38-5;/h6-7,10-11,13-14,18,21,25-26,31H,8-9,12,15-17,19-20H2,1-5H3,(H,32,35)(H,33,36);1H/t25-,26+;/m1./s1. The van der Waals surface area contributed by atoms with Crippen LogP contribution in [0.5, 0.6) is 0 Å². The molecule has 1 heterocycles. The number of benzene rings is 2. The zero-order valence-corrected chi connectivity index (χ0v) is 24.7. The lowest BCUT2D eigenvalue weighted by molar-refractivity contribution is -0.154. The maximum atomic E-state index is 13.4. The van der Waals surface area contributed by atoms with Gasteiger partial charge in [-0.25, -0.2) is 0 Å². The summed E-state index contributed by atoms with van der Waals surface area (Å²) in [5.74, 6) is -0.171. The van der Waals surface area contributed by atoms with E-state index in [2.05, 4.69) is 35.9 Å². The summed E-state index contributed by atoms with van der Waals surface area (Å²) in [5.41, 5.74) is -0.0587. The van der Waals surface area contributed by atoms with Crippen LogP contribution >= 0.6 is 12.4 Å². The number of likely N-dealkylation sites (tertiary alicyclic amines) is 1. The quantitative estimate of drug-likeness (QED) is 0.326. The molecule has 2 aromatic carbocycles. The molecule has 216 valence electrons. The third-order valence-electron chi connectivity index (χ3n) is 7.11. The number of ether oxygens (including phenoxy) is 1. The van der Waals surface area contributed by atoms with Crippen LogP contribution in [-0.4, -0.2) is 73.6 Å². The van der Waals surface area contributed by atoms with Gasteiger partial charge in [0.15, 0.2) is 0 Å². The molecule has 2 aromatic rings. The van der Waals surface area contributed by atoms with Crippen molar-refractivity contribution in [2.75, 3.05) is 33.3 Å². The van der Waals surface area contributed by atoms with Crippen molar-refractivity contribution in [3.05, 3.63) is 48.0 Å². The fourth-order valence-electron chi connectivity index (χ4n) is 4.73. The van der Waals surface area contributed by atoms with Gasteiger partial charge in [-0.05, 0) is 68.5 Å². The average molecular weight is 561 g/mol. The van der Waals surface area contributed by atoms with E-state index < -0.39 is 17.7 Å². The minimum Gasteiger partial charge on any atom is -0.369 e. The summed E-state index contributed by atoms with van der Waals surface area (Å²) in [6.45, 7) is 10.5. The first-order chi connectivity index (χ1) is 18.1. The van der Waals surface area contributed by atoms with E-state index in [9.17, 15) is 14.4 Å². The molecule has 1 saturated heterocycles. The number of carbonyl (C=O) groups is 3. The van der Waals surface area contributed by atoms with Gasteiger partial charge in [-0.2, -0.15) is 0 Å². The van der Waals surface area contributed by atoms with Crippen LogP contribution in [0.3, 0.4) is 0 Å². The normalized spacial score (nSPS) is 16.2. The Bertz CT molecular complexity index is 1110. The molecule has 1 aliphatic rings. The number of rotatable bonds is 13. The Morgan fingerprint density at radius 3 is 2.49 bits per heavy atom. The Balaban J connectivity index is 0.00000533. The van der Waals surface area contributed by atoms with Crippen LogP contribution in [0.1, 0.15) is 52.5 Å². The summed E-state index contributed by atoms with van der Waals surface area (Å²) in [5, 5.41) is 11.6. The van der Waals surface area contributed by atoms with Crippen molar-refractivity contribution in [2.24, 2.45) is 5.92 Å². The second-order valence-electron chi connectivity index (χ2n) is 11.1. The van der Waals surface area contributed by atoms with Crippen molar-refractivity contribution in [3.63, 3.8) is 0 Å². The molecule has 0 aliphatic carbocycles. The van der Waals surface area contributed by atoms with Gasteiger partial charge < -0.3 is 25.6 Å². The maximum absolute atomic E-state index is 13.4. The molecule has 3 N–H and O–H groups in total. The van der Waals surface area contributed by atoms with Crippen LogP contribution < -0.4 is 16.0 Å². The third kappa shape index (κ3) is 9.19. The number of fused-ring (bicyclic) bond motifs is 1. The van der Waals surface area contributed by atoms with Crippen LogP contribution in [0.4, 0.5) is 0 Å². The predicted octanol–water partition coefficient (Wildman–Crippen LogP) is 3.46. The van der Waals surface area contributed by atoms with Gasteiger partial charge >= 0.3 is 0 Å². The third-order valence-corrected chi connectivity index (χ3v) is 7.11. The first-order valence-corrected chi connectivity index (χ1v) is 13.7. The summed E-state index contributed by atoms with van der Waals surface area (Å²) < 4.78 is 5.37. The molecule has 39 heavy (non-hydrogen) atoms. The molecule has 0 saturated carbocycles. The van der Waals surface area contributed by atoms with Crippen LogP contribution in [0.2, 0.25) is 0 Å². The van der Waals surface area contributed by atoms with E-state index in [4.69, 9.17) is 4.74 Å². The number of amides is 3. The molecule has 0 aromatic heterocycles. The molecule has 2 atom stereocenters. The monoisotopic (exact) mass is 560 g/mol. The Labute approximate surface area is 239 Å². The van der Waals surface area contributed by atoms with E-state index in [0.717, 1.165) is 42.3 Å². The highest BCUT2D eigenvalue weighted by Crippen LogP contribution is 2.23. The van der Waals surface area contributed by atoms with Crippen molar-refractivity contribution in [2.45, 2.75) is 71.1 Å². The van der Waals surface area contributed by atoms with Crippen molar-refractivity contribution >= 4 is 40.9 Å². The predicted molar refractivity (Wildman–Crippen MR) is 158 cm³/mol. The second-order valence-corrected chi connectivity index (χ2v) is 11.1. The minimum atomic E-state index is -1.02. The fraction of sp³-hybridized carbons (Fsp3) is 0.567. The highest BCUT2D eigenvalue weighted by molar-refractivity contribution is 5.94. The summed E-state index contributed by atoms with van der Waals surface area (Å²) in [4.78, 5) is 41.4. The molecule has 8 nitrogen and oxygen atoms in total. The van der Waals surface area contributed by atoms with Crippen LogP contribution in [0, 0.1) is 5.92 Å². The molecular formula is C30H45ClN4O4. The fourth-order valence-corrected chi connectivity index (χ4v) is 4.73. The van der Waals surface area contributed by atoms with Gasteiger partial charge in [0.1, 0.15) is 17.7 Å². The smallest absolute Gasteiger partial charge is 0.254 e. The lowest BCUT2D eigenvalue weighted by Crippen LogP contribution is -2.56.